The fourth-order valence-electron chi connectivity index (χ4n) is 3.35. The maximum Gasteiger partial charge on any atom is -0.00206 e. The molecule has 100 valence electrons. The Hall–Kier alpha value is -2.60. The van der Waals surface area contributed by atoms with Gasteiger partial charge in [0.1, 0.15) is 0 Å². The molecule has 0 fully saturated rings. The number of hydrogen-bond donors (Lipinski definition) is 0. The number of hydrogen-bond acceptors (Lipinski definition) is 0. The van der Waals surface area contributed by atoms with E-state index < -0.39 is 0 Å². The van der Waals surface area contributed by atoms with Crippen LogP contribution >= 0.6 is 0 Å². The van der Waals surface area contributed by atoms with Crippen molar-refractivity contribution >= 4 is 44.5 Å². The highest BCUT2D eigenvalue weighted by Gasteiger charge is 2.11. The Bertz CT molecular complexity index is 1000. The van der Waals surface area contributed by atoms with Crippen molar-refractivity contribution in [3.8, 4) is 0 Å². The van der Waals surface area contributed by atoms with E-state index in [1.54, 1.807) is 0 Å². The smallest absolute Gasteiger partial charge is 0.00206 e. The lowest BCUT2D eigenvalue weighted by atomic mass is 9.90. The summed E-state index contributed by atoms with van der Waals surface area (Å²) >= 11 is 0. The quantitative estimate of drug-likeness (QED) is 0.376. The Morgan fingerprint density at radius 2 is 1.24 bits per heavy atom. The van der Waals surface area contributed by atoms with E-state index in [2.05, 4.69) is 74.2 Å². The minimum absolute atomic E-state index is 1.20. The van der Waals surface area contributed by atoms with Gasteiger partial charge < -0.3 is 0 Å². The molecule has 0 amide bonds. The molecule has 4 rings (SSSR count). The average molecular weight is 268 g/mol. The van der Waals surface area contributed by atoms with Crippen molar-refractivity contribution in [2.24, 2.45) is 0 Å². The largest absolute Gasteiger partial charge is 0.0984 e. The van der Waals surface area contributed by atoms with Crippen LogP contribution in [0.1, 0.15) is 18.1 Å². The summed E-state index contributed by atoms with van der Waals surface area (Å²) in [6.45, 7) is 6.01. The predicted octanol–water partition coefficient (Wildman–Crippen LogP) is 6.26. The number of rotatable bonds is 2. The molecule has 0 saturated carbocycles. The van der Waals surface area contributed by atoms with E-state index in [0.717, 1.165) is 0 Å². The van der Waals surface area contributed by atoms with Gasteiger partial charge in [0.25, 0.3) is 0 Å². The van der Waals surface area contributed by atoms with Crippen LogP contribution in [0.5, 0.6) is 0 Å². The fourth-order valence-corrected chi connectivity index (χ4v) is 3.35. The summed E-state index contributed by atoms with van der Waals surface area (Å²) in [5, 5.41) is 7.94. The Morgan fingerprint density at radius 1 is 0.714 bits per heavy atom. The lowest BCUT2D eigenvalue weighted by molar-refractivity contribution is 1.71. The molecule has 0 nitrogen and oxygen atoms in total. The molecular formula is C21H16. The van der Waals surface area contributed by atoms with Gasteiger partial charge in [-0.05, 0) is 50.4 Å². The van der Waals surface area contributed by atoms with E-state index in [0.29, 0.717) is 0 Å². The van der Waals surface area contributed by atoms with E-state index >= 15 is 0 Å². The van der Waals surface area contributed by atoms with Gasteiger partial charge in [0, 0.05) is 0 Å². The monoisotopic (exact) mass is 268 g/mol. The normalized spacial score (nSPS) is 12.0. The topological polar surface area (TPSA) is 0 Å². The molecule has 0 radical (unpaired) electrons. The molecule has 0 saturated heterocycles. The molecule has 0 spiro atoms. The molecule has 0 aliphatic carbocycles. The van der Waals surface area contributed by atoms with Crippen LogP contribution in [0, 0.1) is 0 Å². The summed E-state index contributed by atoms with van der Waals surface area (Å²) in [7, 11) is 0. The Balaban J connectivity index is 2.33. The van der Waals surface area contributed by atoms with Crippen LogP contribution in [0.3, 0.4) is 0 Å². The van der Waals surface area contributed by atoms with Gasteiger partial charge in [-0.1, -0.05) is 73.3 Å². The van der Waals surface area contributed by atoms with Crippen LogP contribution in [0.25, 0.3) is 44.5 Å². The molecule has 0 aromatic heterocycles. The first-order valence-corrected chi connectivity index (χ1v) is 7.29. The third-order valence-electron chi connectivity index (χ3n) is 4.30. The van der Waals surface area contributed by atoms with E-state index in [9.17, 15) is 0 Å². The van der Waals surface area contributed by atoms with Crippen LogP contribution in [-0.4, -0.2) is 0 Å². The Kier molecular flexibility index (Phi) is 2.58. The van der Waals surface area contributed by atoms with Crippen molar-refractivity contribution < 1.29 is 0 Å². The molecule has 21 heavy (non-hydrogen) atoms. The summed E-state index contributed by atoms with van der Waals surface area (Å²) in [4.78, 5) is 0. The molecular weight excluding hydrogens is 252 g/mol. The molecule has 0 atom stereocenters. The fraction of sp³-hybridized carbons (Fsp3) is 0.0476. The SMILES string of the molecule is C=Cc1ccc2ccc3ccc(/C=C/C)c4ccc1c2c34. The zero-order valence-corrected chi connectivity index (χ0v) is 12.1. The molecule has 4 aromatic rings. The van der Waals surface area contributed by atoms with E-state index in [4.69, 9.17) is 0 Å². The van der Waals surface area contributed by atoms with Crippen molar-refractivity contribution in [2.75, 3.05) is 0 Å². The summed E-state index contributed by atoms with van der Waals surface area (Å²) in [6, 6.07) is 17.7. The average Bonchev–Trinajstić information content (AvgIpc) is 2.54. The zero-order valence-electron chi connectivity index (χ0n) is 12.1. The molecule has 0 heteroatoms. The summed E-state index contributed by atoms with van der Waals surface area (Å²) in [5.41, 5.74) is 2.48. The van der Waals surface area contributed by atoms with Crippen LogP contribution in [0.2, 0.25) is 0 Å². The molecule has 0 N–H and O–H groups in total. The third-order valence-corrected chi connectivity index (χ3v) is 4.30. The van der Waals surface area contributed by atoms with Crippen molar-refractivity contribution in [3.05, 3.63) is 72.3 Å². The van der Waals surface area contributed by atoms with E-state index in [-0.39, 0.29) is 0 Å². The lowest BCUT2D eigenvalue weighted by Crippen LogP contribution is -1.87. The molecule has 0 heterocycles. The number of benzene rings is 4. The predicted molar refractivity (Wildman–Crippen MR) is 94.9 cm³/mol. The first-order valence-electron chi connectivity index (χ1n) is 7.29. The molecule has 0 aliphatic rings. The lowest BCUT2D eigenvalue weighted by Gasteiger charge is -2.14. The highest BCUT2D eigenvalue weighted by molar-refractivity contribution is 6.25. The Labute approximate surface area is 124 Å². The van der Waals surface area contributed by atoms with Gasteiger partial charge in [-0.2, -0.15) is 0 Å². The van der Waals surface area contributed by atoms with Gasteiger partial charge in [-0.25, -0.2) is 0 Å². The minimum Gasteiger partial charge on any atom is -0.0984 e. The highest BCUT2D eigenvalue weighted by atomic mass is 14.1. The summed E-state index contributed by atoms with van der Waals surface area (Å²) < 4.78 is 0. The van der Waals surface area contributed by atoms with Crippen molar-refractivity contribution in [1.29, 1.82) is 0 Å². The minimum atomic E-state index is 1.20. The second-order valence-corrected chi connectivity index (χ2v) is 5.44. The zero-order chi connectivity index (χ0) is 14.4. The Morgan fingerprint density at radius 3 is 1.81 bits per heavy atom. The van der Waals surface area contributed by atoms with Crippen molar-refractivity contribution in [3.63, 3.8) is 0 Å². The third kappa shape index (κ3) is 1.62. The van der Waals surface area contributed by atoms with E-state index in [1.807, 2.05) is 6.08 Å². The van der Waals surface area contributed by atoms with Crippen LogP contribution in [0.4, 0.5) is 0 Å². The summed E-state index contributed by atoms with van der Waals surface area (Å²) in [6.07, 6.45) is 6.22. The maximum atomic E-state index is 3.95. The van der Waals surface area contributed by atoms with Gasteiger partial charge >= 0.3 is 0 Å². The first kappa shape index (κ1) is 12.2. The molecule has 0 bridgehead atoms. The second-order valence-electron chi connectivity index (χ2n) is 5.44. The molecule has 4 aromatic carbocycles. The van der Waals surface area contributed by atoms with Gasteiger partial charge in [-0.3, -0.25) is 0 Å². The standard InChI is InChI=1S/C21H16/c1-3-5-15-7-9-17-11-10-16-8-6-14(4-2)18-12-13-19(15)21(17)20(16)18/h3-13H,2H2,1H3/b5-3+. The van der Waals surface area contributed by atoms with Crippen molar-refractivity contribution in [2.45, 2.75) is 6.92 Å². The number of allylic oxidation sites excluding steroid dienone is 1. The van der Waals surface area contributed by atoms with Crippen molar-refractivity contribution in [1.82, 2.24) is 0 Å². The summed E-state index contributed by atoms with van der Waals surface area (Å²) in [5.74, 6) is 0. The highest BCUT2D eigenvalue weighted by Crippen LogP contribution is 2.37. The molecule has 0 aliphatic heterocycles. The molecule has 0 unspecified atom stereocenters. The second kappa shape index (κ2) is 4.46. The first-order chi connectivity index (χ1) is 10.3. The maximum absolute atomic E-state index is 3.95. The van der Waals surface area contributed by atoms with Gasteiger partial charge in [-0.15, -0.1) is 0 Å². The van der Waals surface area contributed by atoms with Gasteiger partial charge in [0.2, 0.25) is 0 Å². The van der Waals surface area contributed by atoms with Crippen LogP contribution in [-0.2, 0) is 0 Å². The van der Waals surface area contributed by atoms with Crippen LogP contribution in [0.15, 0.2) is 61.2 Å². The van der Waals surface area contributed by atoms with Gasteiger partial charge in [0.05, 0.1) is 0 Å². The van der Waals surface area contributed by atoms with E-state index in [1.165, 1.54) is 43.4 Å². The van der Waals surface area contributed by atoms with Gasteiger partial charge in [0.15, 0.2) is 0 Å². The van der Waals surface area contributed by atoms with Crippen LogP contribution < -0.4 is 0 Å².